The van der Waals surface area contributed by atoms with E-state index in [9.17, 15) is 14.0 Å². The van der Waals surface area contributed by atoms with E-state index in [-0.39, 0.29) is 11.7 Å². The van der Waals surface area contributed by atoms with E-state index in [2.05, 4.69) is 5.32 Å². The molecule has 1 atom stereocenters. The highest BCUT2D eigenvalue weighted by molar-refractivity contribution is 6.08. The van der Waals surface area contributed by atoms with Gasteiger partial charge in [0, 0.05) is 11.2 Å². The minimum atomic E-state index is -0.974. The summed E-state index contributed by atoms with van der Waals surface area (Å²) in [5.41, 5.74) is 0.496. The van der Waals surface area contributed by atoms with Crippen LogP contribution in [0.15, 0.2) is 77.4 Å². The Hall–Kier alpha value is -3.41. The van der Waals surface area contributed by atoms with Crippen molar-refractivity contribution in [3.05, 3.63) is 90.1 Å². The van der Waals surface area contributed by atoms with E-state index < -0.39 is 23.3 Å². The molecule has 0 radical (unpaired) electrons. The van der Waals surface area contributed by atoms with Crippen LogP contribution >= 0.6 is 0 Å². The number of rotatable bonds is 5. The van der Waals surface area contributed by atoms with Crippen LogP contribution in [-0.2, 0) is 4.79 Å². The zero-order valence-corrected chi connectivity index (χ0v) is 16.6. The third-order valence-corrected chi connectivity index (χ3v) is 4.18. The Balaban J connectivity index is 2.15. The number of nitrogens with zero attached hydrogens (tertiary/aromatic N) is 1. The Morgan fingerprint density at radius 3 is 2.17 bits per heavy atom. The van der Waals surface area contributed by atoms with E-state index >= 15 is 0 Å². The minimum absolute atomic E-state index is 0.0822. The maximum absolute atomic E-state index is 13.5. The molecule has 5 nitrogen and oxygen atoms in total. The fraction of sp³-hybridized carbons (Fsp3) is 0.217. The van der Waals surface area contributed by atoms with Gasteiger partial charge in [-0.3, -0.25) is 14.5 Å². The Labute approximate surface area is 169 Å². The average Bonchev–Trinajstić information content (AvgIpc) is 3.20. The zero-order valence-electron chi connectivity index (χ0n) is 16.6. The lowest BCUT2D eigenvalue weighted by Crippen LogP contribution is -2.49. The molecular formula is C23H23FN2O3. The fourth-order valence-electron chi connectivity index (χ4n) is 3.00. The second kappa shape index (κ2) is 8.31. The standard InChI is InChI=1S/C23H23FN2O3/c1-23(2,3)25-21(27)20(16-8-5-4-6-9-16)26(18-13-11-17(24)12-14-18)22(28)19-10-7-15-29-19/h4-15,20H,1-3H3,(H,25,27)/t20-/m0/s1. The number of hydrogen-bond acceptors (Lipinski definition) is 3. The van der Waals surface area contributed by atoms with Gasteiger partial charge in [-0.2, -0.15) is 0 Å². The molecule has 1 N–H and O–H groups in total. The van der Waals surface area contributed by atoms with Gasteiger partial charge >= 0.3 is 0 Å². The topological polar surface area (TPSA) is 62.6 Å². The van der Waals surface area contributed by atoms with Gasteiger partial charge in [0.15, 0.2) is 5.76 Å². The molecule has 3 aromatic rings. The lowest BCUT2D eigenvalue weighted by atomic mass is 10.0. The van der Waals surface area contributed by atoms with Crippen molar-refractivity contribution in [2.45, 2.75) is 32.4 Å². The van der Waals surface area contributed by atoms with Crippen LogP contribution in [0.3, 0.4) is 0 Å². The van der Waals surface area contributed by atoms with Gasteiger partial charge in [0.25, 0.3) is 5.91 Å². The molecule has 0 aliphatic rings. The van der Waals surface area contributed by atoms with Crippen molar-refractivity contribution in [3.63, 3.8) is 0 Å². The summed E-state index contributed by atoms with van der Waals surface area (Å²) in [6.07, 6.45) is 1.39. The Bertz CT molecular complexity index is 962. The van der Waals surface area contributed by atoms with Crippen molar-refractivity contribution in [1.29, 1.82) is 0 Å². The predicted octanol–water partition coefficient (Wildman–Crippen LogP) is 4.72. The van der Waals surface area contributed by atoms with E-state index in [4.69, 9.17) is 4.42 Å². The molecule has 0 bridgehead atoms. The van der Waals surface area contributed by atoms with E-state index in [0.29, 0.717) is 11.3 Å². The zero-order chi connectivity index (χ0) is 21.0. The van der Waals surface area contributed by atoms with Gasteiger partial charge in [-0.05, 0) is 62.7 Å². The third kappa shape index (κ3) is 4.90. The average molecular weight is 394 g/mol. The van der Waals surface area contributed by atoms with Crippen LogP contribution in [0.25, 0.3) is 0 Å². The summed E-state index contributed by atoms with van der Waals surface area (Å²) >= 11 is 0. The molecule has 0 saturated carbocycles. The van der Waals surface area contributed by atoms with Crippen LogP contribution in [0.1, 0.15) is 42.9 Å². The normalized spacial score (nSPS) is 12.3. The predicted molar refractivity (Wildman–Crippen MR) is 109 cm³/mol. The van der Waals surface area contributed by atoms with E-state index in [1.54, 1.807) is 30.3 Å². The maximum Gasteiger partial charge on any atom is 0.294 e. The van der Waals surface area contributed by atoms with Crippen molar-refractivity contribution in [3.8, 4) is 0 Å². The molecule has 0 aliphatic heterocycles. The fourth-order valence-corrected chi connectivity index (χ4v) is 3.00. The Morgan fingerprint density at radius 2 is 1.62 bits per heavy atom. The highest BCUT2D eigenvalue weighted by Crippen LogP contribution is 2.30. The Kier molecular flexibility index (Phi) is 5.82. The molecule has 6 heteroatoms. The third-order valence-electron chi connectivity index (χ3n) is 4.18. The van der Waals surface area contributed by atoms with Crippen molar-refractivity contribution in [2.24, 2.45) is 0 Å². The first-order valence-corrected chi connectivity index (χ1v) is 9.26. The lowest BCUT2D eigenvalue weighted by Gasteiger charge is -2.33. The van der Waals surface area contributed by atoms with Gasteiger partial charge < -0.3 is 9.73 Å². The quantitative estimate of drug-likeness (QED) is 0.681. The first-order chi connectivity index (χ1) is 13.8. The minimum Gasteiger partial charge on any atom is -0.459 e. The number of carbonyl (C=O) groups is 2. The van der Waals surface area contributed by atoms with E-state index in [0.717, 1.165) is 0 Å². The number of benzene rings is 2. The molecule has 1 aromatic heterocycles. The smallest absolute Gasteiger partial charge is 0.294 e. The van der Waals surface area contributed by atoms with Gasteiger partial charge in [-0.25, -0.2) is 4.39 Å². The van der Waals surface area contributed by atoms with Gasteiger partial charge in [0.2, 0.25) is 5.91 Å². The molecule has 2 amide bonds. The molecule has 2 aromatic carbocycles. The van der Waals surface area contributed by atoms with Crippen molar-refractivity contribution >= 4 is 17.5 Å². The van der Waals surface area contributed by atoms with Crippen LogP contribution in [0, 0.1) is 5.82 Å². The molecule has 3 rings (SSSR count). The second-order valence-corrected chi connectivity index (χ2v) is 7.68. The largest absolute Gasteiger partial charge is 0.459 e. The molecule has 29 heavy (non-hydrogen) atoms. The summed E-state index contributed by atoms with van der Waals surface area (Å²) in [4.78, 5) is 28.0. The molecule has 1 heterocycles. The van der Waals surface area contributed by atoms with Crippen molar-refractivity contribution in [1.82, 2.24) is 5.32 Å². The number of furan rings is 1. The van der Waals surface area contributed by atoms with Crippen molar-refractivity contribution in [2.75, 3.05) is 4.90 Å². The van der Waals surface area contributed by atoms with E-state index in [1.165, 1.54) is 41.5 Å². The summed E-state index contributed by atoms with van der Waals surface area (Å²) in [6, 6.07) is 16.6. The summed E-state index contributed by atoms with van der Waals surface area (Å²) in [5, 5.41) is 2.94. The number of hydrogen-bond donors (Lipinski definition) is 1. The van der Waals surface area contributed by atoms with Crippen LogP contribution in [0.5, 0.6) is 0 Å². The highest BCUT2D eigenvalue weighted by Gasteiger charge is 2.35. The van der Waals surface area contributed by atoms with Crippen molar-refractivity contribution < 1.29 is 18.4 Å². The summed E-state index contributed by atoms with van der Waals surface area (Å²) < 4.78 is 18.8. The van der Waals surface area contributed by atoms with Crippen LogP contribution in [0.2, 0.25) is 0 Å². The summed E-state index contributed by atoms with van der Waals surface area (Å²) in [7, 11) is 0. The lowest BCUT2D eigenvalue weighted by molar-refractivity contribution is -0.123. The monoisotopic (exact) mass is 394 g/mol. The maximum atomic E-state index is 13.5. The molecule has 0 saturated heterocycles. The molecule has 150 valence electrons. The molecule has 0 aliphatic carbocycles. The molecule has 0 unspecified atom stereocenters. The highest BCUT2D eigenvalue weighted by atomic mass is 19.1. The molecule has 0 spiro atoms. The first-order valence-electron chi connectivity index (χ1n) is 9.26. The van der Waals surface area contributed by atoms with E-state index in [1.807, 2.05) is 26.8 Å². The number of carbonyl (C=O) groups excluding carboxylic acids is 2. The number of halogens is 1. The van der Waals surface area contributed by atoms with Gasteiger partial charge in [0.1, 0.15) is 11.9 Å². The van der Waals surface area contributed by atoms with Crippen LogP contribution < -0.4 is 10.2 Å². The first kappa shape index (κ1) is 20.3. The Morgan fingerprint density at radius 1 is 0.966 bits per heavy atom. The SMILES string of the molecule is CC(C)(C)NC(=O)[C@H](c1ccccc1)N(C(=O)c1ccco1)c1ccc(F)cc1. The number of anilines is 1. The van der Waals surface area contributed by atoms with Gasteiger partial charge in [-0.1, -0.05) is 30.3 Å². The number of nitrogens with one attached hydrogen (secondary N) is 1. The molecular weight excluding hydrogens is 371 g/mol. The van der Waals surface area contributed by atoms with Crippen LogP contribution in [-0.4, -0.2) is 17.4 Å². The summed E-state index contributed by atoms with van der Waals surface area (Å²) in [6.45, 7) is 5.59. The van der Waals surface area contributed by atoms with Gasteiger partial charge in [0.05, 0.1) is 6.26 Å². The summed E-state index contributed by atoms with van der Waals surface area (Å²) in [5.74, 6) is -1.21. The molecule has 0 fully saturated rings. The second-order valence-electron chi connectivity index (χ2n) is 7.68. The van der Waals surface area contributed by atoms with Gasteiger partial charge in [-0.15, -0.1) is 0 Å². The number of amides is 2. The van der Waals surface area contributed by atoms with Crippen LogP contribution in [0.4, 0.5) is 10.1 Å².